The van der Waals surface area contributed by atoms with Crippen molar-refractivity contribution in [3.05, 3.63) is 0 Å². The second-order valence-corrected chi connectivity index (χ2v) is 2.70. The van der Waals surface area contributed by atoms with Gasteiger partial charge in [0.2, 0.25) is 0 Å². The van der Waals surface area contributed by atoms with Crippen LogP contribution < -0.4 is 10.6 Å². The Morgan fingerprint density at radius 3 is 2.60 bits per heavy atom. The van der Waals surface area contributed by atoms with Crippen molar-refractivity contribution in [1.82, 2.24) is 10.6 Å². The SMILES string of the molecule is O=C(O)C1CNC(Cl)CN1. The molecule has 1 heterocycles. The lowest BCUT2D eigenvalue weighted by atomic mass is 10.2. The summed E-state index contributed by atoms with van der Waals surface area (Å²) in [7, 11) is 0. The summed E-state index contributed by atoms with van der Waals surface area (Å²) in [5.41, 5.74) is -0.143. The summed E-state index contributed by atoms with van der Waals surface area (Å²) in [6.45, 7) is 0.891. The maximum absolute atomic E-state index is 10.3. The number of carboxylic acids is 1. The van der Waals surface area contributed by atoms with Crippen molar-refractivity contribution in [2.45, 2.75) is 11.5 Å². The molecule has 0 amide bonds. The molecule has 0 radical (unpaired) electrons. The lowest BCUT2D eigenvalue weighted by Gasteiger charge is -2.24. The molecule has 0 aromatic carbocycles. The van der Waals surface area contributed by atoms with Gasteiger partial charge in [0.1, 0.15) is 6.04 Å². The lowest BCUT2D eigenvalue weighted by Crippen LogP contribution is -2.55. The number of carboxylic acid groups (broad SMARTS) is 1. The number of piperazine rings is 1. The molecule has 3 N–H and O–H groups in total. The highest BCUT2D eigenvalue weighted by Crippen LogP contribution is 1.96. The molecule has 0 saturated carbocycles. The predicted octanol–water partition coefficient (Wildman–Crippen LogP) is -0.803. The summed E-state index contributed by atoms with van der Waals surface area (Å²) < 4.78 is 0. The van der Waals surface area contributed by atoms with Gasteiger partial charge in [-0.3, -0.25) is 10.1 Å². The van der Waals surface area contributed by atoms with Crippen molar-refractivity contribution in [2.24, 2.45) is 0 Å². The topological polar surface area (TPSA) is 61.4 Å². The molecule has 2 unspecified atom stereocenters. The Morgan fingerprint density at radius 2 is 2.20 bits per heavy atom. The van der Waals surface area contributed by atoms with Crippen LogP contribution in [0.3, 0.4) is 0 Å². The Kier molecular flexibility index (Phi) is 2.48. The van der Waals surface area contributed by atoms with Gasteiger partial charge in [0, 0.05) is 13.1 Å². The summed E-state index contributed by atoms with van der Waals surface area (Å²) in [4.78, 5) is 10.3. The molecule has 1 saturated heterocycles. The zero-order chi connectivity index (χ0) is 7.56. The lowest BCUT2D eigenvalue weighted by molar-refractivity contribution is -0.139. The van der Waals surface area contributed by atoms with E-state index in [0.717, 1.165) is 0 Å². The van der Waals surface area contributed by atoms with Crippen LogP contribution in [-0.2, 0) is 4.79 Å². The monoisotopic (exact) mass is 164 g/mol. The van der Waals surface area contributed by atoms with Crippen molar-refractivity contribution < 1.29 is 9.90 Å². The average Bonchev–Trinajstić information content (AvgIpc) is 1.88. The number of aliphatic carboxylic acids is 1. The Hall–Kier alpha value is -0.320. The first kappa shape index (κ1) is 7.78. The van der Waals surface area contributed by atoms with Crippen LogP contribution in [0, 0.1) is 0 Å². The van der Waals surface area contributed by atoms with E-state index >= 15 is 0 Å². The smallest absolute Gasteiger partial charge is 0.322 e. The highest BCUT2D eigenvalue weighted by molar-refractivity contribution is 6.20. The highest BCUT2D eigenvalue weighted by Gasteiger charge is 2.22. The molecule has 1 fully saturated rings. The Morgan fingerprint density at radius 1 is 1.50 bits per heavy atom. The molecule has 0 spiro atoms. The maximum atomic E-state index is 10.3. The number of hydrogen-bond donors (Lipinski definition) is 3. The molecule has 0 aromatic rings. The molecule has 2 atom stereocenters. The second kappa shape index (κ2) is 3.18. The van der Waals surface area contributed by atoms with E-state index in [1.807, 2.05) is 0 Å². The molecule has 58 valence electrons. The van der Waals surface area contributed by atoms with E-state index in [0.29, 0.717) is 13.1 Å². The van der Waals surface area contributed by atoms with Crippen molar-refractivity contribution in [2.75, 3.05) is 13.1 Å². The number of hydrogen-bond acceptors (Lipinski definition) is 3. The molecule has 1 rings (SSSR count). The van der Waals surface area contributed by atoms with Crippen molar-refractivity contribution in [3.63, 3.8) is 0 Å². The number of nitrogens with one attached hydrogen (secondary N) is 2. The van der Waals surface area contributed by atoms with Crippen LogP contribution in [0.4, 0.5) is 0 Å². The fourth-order valence-electron chi connectivity index (χ4n) is 0.810. The fraction of sp³-hybridized carbons (Fsp3) is 0.800. The van der Waals surface area contributed by atoms with Crippen molar-refractivity contribution >= 4 is 17.6 Å². The van der Waals surface area contributed by atoms with E-state index in [-0.39, 0.29) is 5.50 Å². The van der Waals surface area contributed by atoms with E-state index in [1.165, 1.54) is 0 Å². The second-order valence-electron chi connectivity index (χ2n) is 2.17. The van der Waals surface area contributed by atoms with Crippen LogP contribution in [0.25, 0.3) is 0 Å². The van der Waals surface area contributed by atoms with Crippen molar-refractivity contribution in [3.8, 4) is 0 Å². The third kappa shape index (κ3) is 1.83. The Balaban J connectivity index is 2.33. The van der Waals surface area contributed by atoms with E-state index in [1.54, 1.807) is 0 Å². The molecule has 1 aliphatic heterocycles. The van der Waals surface area contributed by atoms with E-state index in [9.17, 15) is 4.79 Å². The van der Waals surface area contributed by atoms with Crippen LogP contribution in [0.1, 0.15) is 0 Å². The third-order valence-electron chi connectivity index (χ3n) is 1.39. The molecule has 4 nitrogen and oxygen atoms in total. The van der Waals surface area contributed by atoms with Gasteiger partial charge in [0.05, 0.1) is 5.50 Å². The van der Waals surface area contributed by atoms with Crippen LogP contribution >= 0.6 is 11.6 Å². The largest absolute Gasteiger partial charge is 0.480 e. The third-order valence-corrected chi connectivity index (χ3v) is 1.69. The molecule has 0 aromatic heterocycles. The molecule has 5 heteroatoms. The molecular weight excluding hydrogens is 156 g/mol. The molecule has 1 aliphatic rings. The number of rotatable bonds is 1. The first-order valence-electron chi connectivity index (χ1n) is 3.04. The van der Waals surface area contributed by atoms with Crippen LogP contribution in [0.2, 0.25) is 0 Å². The quantitative estimate of drug-likeness (QED) is 0.351. The number of alkyl halides is 1. The number of carbonyl (C=O) groups is 1. The zero-order valence-corrected chi connectivity index (χ0v) is 6.06. The minimum atomic E-state index is -0.837. The van der Waals surface area contributed by atoms with Crippen molar-refractivity contribution in [1.29, 1.82) is 0 Å². The normalized spacial score (nSPS) is 33.7. The van der Waals surface area contributed by atoms with Gasteiger partial charge in [0.15, 0.2) is 0 Å². The van der Waals surface area contributed by atoms with Gasteiger partial charge >= 0.3 is 5.97 Å². The van der Waals surface area contributed by atoms with Crippen LogP contribution in [0.5, 0.6) is 0 Å². The Labute approximate surface area is 63.6 Å². The van der Waals surface area contributed by atoms with E-state index < -0.39 is 12.0 Å². The standard InChI is InChI=1S/C5H9ClN2O2/c6-4-2-7-3(1-8-4)5(9)10/h3-4,7-8H,1-2H2,(H,9,10). The molecule has 10 heavy (non-hydrogen) atoms. The van der Waals surface area contributed by atoms with Crippen LogP contribution in [0.15, 0.2) is 0 Å². The minimum absolute atomic E-state index is 0.143. The minimum Gasteiger partial charge on any atom is -0.480 e. The van der Waals surface area contributed by atoms with Gasteiger partial charge < -0.3 is 10.4 Å². The molecule has 0 aliphatic carbocycles. The predicted molar refractivity (Wildman–Crippen MR) is 37.1 cm³/mol. The fourth-order valence-corrected chi connectivity index (χ4v) is 0.989. The van der Waals surface area contributed by atoms with Gasteiger partial charge in [-0.1, -0.05) is 0 Å². The van der Waals surface area contributed by atoms with Gasteiger partial charge in [-0.25, -0.2) is 0 Å². The summed E-state index contributed by atoms with van der Waals surface area (Å²) in [6, 6.07) is -0.491. The molecule has 0 bridgehead atoms. The van der Waals surface area contributed by atoms with E-state index in [4.69, 9.17) is 16.7 Å². The van der Waals surface area contributed by atoms with Gasteiger partial charge in [-0.2, -0.15) is 0 Å². The van der Waals surface area contributed by atoms with Gasteiger partial charge in [-0.15, -0.1) is 11.6 Å². The Bertz CT molecular complexity index is 134. The van der Waals surface area contributed by atoms with Gasteiger partial charge in [-0.05, 0) is 0 Å². The summed E-state index contributed by atoms with van der Waals surface area (Å²) in [6.07, 6.45) is 0. The summed E-state index contributed by atoms with van der Waals surface area (Å²) >= 11 is 5.62. The summed E-state index contributed by atoms with van der Waals surface area (Å²) in [5.74, 6) is -0.837. The summed E-state index contributed by atoms with van der Waals surface area (Å²) in [5, 5.41) is 14.1. The zero-order valence-electron chi connectivity index (χ0n) is 5.30. The van der Waals surface area contributed by atoms with Gasteiger partial charge in [0.25, 0.3) is 0 Å². The maximum Gasteiger partial charge on any atom is 0.322 e. The first-order chi connectivity index (χ1) is 4.70. The first-order valence-corrected chi connectivity index (χ1v) is 3.47. The molecular formula is C5H9ClN2O2. The van der Waals surface area contributed by atoms with Crippen LogP contribution in [-0.4, -0.2) is 35.7 Å². The highest BCUT2D eigenvalue weighted by atomic mass is 35.5. The van der Waals surface area contributed by atoms with E-state index in [2.05, 4.69) is 10.6 Å². The number of halogens is 1. The average molecular weight is 165 g/mol.